The Hall–Kier alpha value is -1.01. The Morgan fingerprint density at radius 3 is 2.91 bits per heavy atom. The maximum atomic E-state index is 11.7. The van der Waals surface area contributed by atoms with Crippen molar-refractivity contribution >= 4 is 35.1 Å². The zero-order chi connectivity index (χ0) is 16.4. The standard InChI is InChI=1S/C15H24ClN3O2S/c1-3-5-6-11(4-2)10-21-13(20)7-8-22-15-14(17)19-12(16)9-18-15/h9,11H,3-8,10H2,1-2H3,(H2,17,19)/t11-/m1/s1. The van der Waals surface area contributed by atoms with E-state index in [9.17, 15) is 4.79 Å². The third-order valence-corrected chi connectivity index (χ3v) is 4.48. The molecule has 0 unspecified atom stereocenters. The van der Waals surface area contributed by atoms with Crippen LogP contribution in [0.2, 0.25) is 5.15 Å². The number of thioether (sulfide) groups is 1. The van der Waals surface area contributed by atoms with Crippen molar-refractivity contribution in [2.24, 2.45) is 5.92 Å². The van der Waals surface area contributed by atoms with E-state index in [0.29, 0.717) is 29.7 Å². The SMILES string of the molecule is CCCC[C@@H](CC)COC(=O)CCSc1ncc(Cl)nc1N. The van der Waals surface area contributed by atoms with Crippen molar-refractivity contribution in [2.45, 2.75) is 51.0 Å². The molecule has 0 aliphatic rings. The molecule has 22 heavy (non-hydrogen) atoms. The van der Waals surface area contributed by atoms with Crippen molar-refractivity contribution in [3.8, 4) is 0 Å². The van der Waals surface area contributed by atoms with Crippen molar-refractivity contribution in [3.63, 3.8) is 0 Å². The summed E-state index contributed by atoms with van der Waals surface area (Å²) in [6.07, 6.45) is 6.28. The summed E-state index contributed by atoms with van der Waals surface area (Å²) in [7, 11) is 0. The molecule has 2 N–H and O–H groups in total. The Kier molecular flexibility index (Phi) is 9.24. The summed E-state index contributed by atoms with van der Waals surface area (Å²) in [5.41, 5.74) is 5.71. The van der Waals surface area contributed by atoms with Gasteiger partial charge in [-0.05, 0) is 12.3 Å². The molecule has 124 valence electrons. The molecule has 0 aromatic carbocycles. The molecule has 0 spiro atoms. The molecular weight excluding hydrogens is 322 g/mol. The quantitative estimate of drug-likeness (QED) is 0.511. The van der Waals surface area contributed by atoms with Gasteiger partial charge in [0.05, 0.1) is 19.2 Å². The minimum absolute atomic E-state index is 0.178. The third-order valence-electron chi connectivity index (χ3n) is 3.30. The minimum Gasteiger partial charge on any atom is -0.465 e. The molecule has 1 heterocycles. The highest BCUT2D eigenvalue weighted by molar-refractivity contribution is 7.99. The Morgan fingerprint density at radius 1 is 1.50 bits per heavy atom. The van der Waals surface area contributed by atoms with Gasteiger partial charge in [0.25, 0.3) is 0 Å². The number of esters is 1. The molecule has 0 aliphatic heterocycles. The van der Waals surface area contributed by atoms with Crippen LogP contribution in [-0.2, 0) is 9.53 Å². The summed E-state index contributed by atoms with van der Waals surface area (Å²) < 4.78 is 5.34. The number of rotatable bonds is 10. The van der Waals surface area contributed by atoms with Gasteiger partial charge in [-0.25, -0.2) is 9.97 Å². The van der Waals surface area contributed by atoms with Crippen LogP contribution in [0.3, 0.4) is 0 Å². The molecule has 7 heteroatoms. The Labute approximate surface area is 141 Å². The molecule has 1 aromatic heterocycles. The first-order valence-corrected chi connectivity index (χ1v) is 8.99. The van der Waals surface area contributed by atoms with Gasteiger partial charge in [-0.2, -0.15) is 0 Å². The molecule has 0 bridgehead atoms. The summed E-state index contributed by atoms with van der Waals surface area (Å²) in [4.78, 5) is 19.7. The molecule has 1 rings (SSSR count). The highest BCUT2D eigenvalue weighted by Gasteiger charge is 2.11. The van der Waals surface area contributed by atoms with Gasteiger partial charge < -0.3 is 10.5 Å². The number of carbonyl (C=O) groups is 1. The Balaban J connectivity index is 2.25. The topological polar surface area (TPSA) is 78.1 Å². The maximum absolute atomic E-state index is 11.7. The summed E-state index contributed by atoms with van der Waals surface area (Å²) in [5, 5.41) is 0.852. The van der Waals surface area contributed by atoms with E-state index in [4.69, 9.17) is 22.1 Å². The molecule has 5 nitrogen and oxygen atoms in total. The van der Waals surface area contributed by atoms with Crippen LogP contribution in [0.15, 0.2) is 11.2 Å². The van der Waals surface area contributed by atoms with Crippen molar-refractivity contribution < 1.29 is 9.53 Å². The second-order valence-electron chi connectivity index (χ2n) is 5.08. The number of hydrogen-bond donors (Lipinski definition) is 1. The third kappa shape index (κ3) is 7.31. The van der Waals surface area contributed by atoms with Crippen molar-refractivity contribution in [2.75, 3.05) is 18.1 Å². The first kappa shape index (κ1) is 19.0. The molecular formula is C15H24ClN3O2S. The lowest BCUT2D eigenvalue weighted by atomic mass is 10.0. The molecule has 0 amide bonds. The average molecular weight is 346 g/mol. The van der Waals surface area contributed by atoms with E-state index in [0.717, 1.165) is 12.8 Å². The smallest absolute Gasteiger partial charge is 0.306 e. The lowest BCUT2D eigenvalue weighted by Crippen LogP contribution is -2.14. The number of nitrogen functional groups attached to an aromatic ring is 1. The number of carbonyl (C=O) groups excluding carboxylic acids is 1. The predicted octanol–water partition coefficient (Wildman–Crippen LogP) is 3.95. The van der Waals surface area contributed by atoms with Crippen molar-refractivity contribution in [1.82, 2.24) is 9.97 Å². The van der Waals surface area contributed by atoms with Gasteiger partial charge >= 0.3 is 5.97 Å². The fourth-order valence-corrected chi connectivity index (χ4v) is 2.82. The number of ether oxygens (including phenoxy) is 1. The van der Waals surface area contributed by atoms with Gasteiger partial charge in [-0.1, -0.05) is 44.7 Å². The zero-order valence-electron chi connectivity index (χ0n) is 13.2. The first-order chi connectivity index (χ1) is 10.6. The highest BCUT2D eigenvalue weighted by atomic mass is 35.5. The van der Waals surface area contributed by atoms with E-state index in [1.807, 2.05) is 0 Å². The van der Waals surface area contributed by atoms with Gasteiger partial charge in [0.1, 0.15) is 10.2 Å². The number of nitrogens with zero attached hydrogens (tertiary/aromatic N) is 2. The monoisotopic (exact) mass is 345 g/mol. The zero-order valence-corrected chi connectivity index (χ0v) is 14.8. The molecule has 0 saturated heterocycles. The Bertz CT molecular complexity index is 474. The molecule has 0 radical (unpaired) electrons. The molecule has 0 saturated carbocycles. The van der Waals surface area contributed by atoms with E-state index in [-0.39, 0.29) is 16.9 Å². The lowest BCUT2D eigenvalue weighted by molar-refractivity contribution is -0.144. The average Bonchev–Trinajstić information content (AvgIpc) is 2.49. The fraction of sp³-hybridized carbons (Fsp3) is 0.667. The van der Waals surface area contributed by atoms with Crippen molar-refractivity contribution in [3.05, 3.63) is 11.3 Å². The van der Waals surface area contributed by atoms with Gasteiger partial charge in [0.2, 0.25) is 0 Å². The largest absolute Gasteiger partial charge is 0.465 e. The summed E-state index contributed by atoms with van der Waals surface area (Å²) >= 11 is 7.07. The number of anilines is 1. The number of unbranched alkanes of at least 4 members (excludes halogenated alkanes) is 1. The van der Waals surface area contributed by atoms with E-state index < -0.39 is 0 Å². The van der Waals surface area contributed by atoms with Crippen molar-refractivity contribution in [1.29, 1.82) is 0 Å². The fourth-order valence-electron chi connectivity index (χ4n) is 1.89. The van der Waals surface area contributed by atoms with Gasteiger partial charge in [0, 0.05) is 5.75 Å². The van der Waals surface area contributed by atoms with Crippen LogP contribution in [0, 0.1) is 5.92 Å². The van der Waals surface area contributed by atoms with E-state index in [1.165, 1.54) is 30.8 Å². The number of nitrogens with two attached hydrogens (primary N) is 1. The maximum Gasteiger partial charge on any atom is 0.306 e. The van der Waals surface area contributed by atoms with Crippen LogP contribution in [-0.4, -0.2) is 28.3 Å². The van der Waals surface area contributed by atoms with E-state index >= 15 is 0 Å². The van der Waals surface area contributed by atoms with E-state index in [1.54, 1.807) is 0 Å². The molecule has 1 atom stereocenters. The van der Waals surface area contributed by atoms with Gasteiger partial charge in [-0.15, -0.1) is 11.8 Å². The highest BCUT2D eigenvalue weighted by Crippen LogP contribution is 2.22. The summed E-state index contributed by atoms with van der Waals surface area (Å²) in [5.74, 6) is 1.14. The number of hydrogen-bond acceptors (Lipinski definition) is 6. The molecule has 0 fully saturated rings. The van der Waals surface area contributed by atoms with Crippen LogP contribution in [0.25, 0.3) is 0 Å². The second kappa shape index (κ2) is 10.7. The molecule has 0 aliphatic carbocycles. The number of halogens is 1. The summed E-state index contributed by atoms with van der Waals surface area (Å²) in [6.45, 7) is 4.82. The van der Waals surface area contributed by atoms with Crippen LogP contribution in [0.4, 0.5) is 5.82 Å². The van der Waals surface area contributed by atoms with E-state index in [2.05, 4.69) is 23.8 Å². The van der Waals surface area contributed by atoms with Gasteiger partial charge in [0.15, 0.2) is 5.82 Å². The number of aromatic nitrogens is 2. The van der Waals surface area contributed by atoms with Gasteiger partial charge in [-0.3, -0.25) is 4.79 Å². The Morgan fingerprint density at radius 2 is 2.27 bits per heavy atom. The lowest BCUT2D eigenvalue weighted by Gasteiger charge is -2.14. The predicted molar refractivity (Wildman–Crippen MR) is 91.1 cm³/mol. The van der Waals surface area contributed by atoms with Crippen LogP contribution < -0.4 is 5.73 Å². The molecule has 1 aromatic rings. The minimum atomic E-state index is -0.178. The first-order valence-electron chi connectivity index (χ1n) is 7.63. The second-order valence-corrected chi connectivity index (χ2v) is 6.55. The normalized spacial score (nSPS) is 12.1. The van der Waals surface area contributed by atoms with Crippen LogP contribution >= 0.6 is 23.4 Å². The van der Waals surface area contributed by atoms with Crippen LogP contribution in [0.5, 0.6) is 0 Å². The summed E-state index contributed by atoms with van der Waals surface area (Å²) in [6, 6.07) is 0. The van der Waals surface area contributed by atoms with Crippen LogP contribution in [0.1, 0.15) is 46.0 Å².